The van der Waals surface area contributed by atoms with Gasteiger partial charge in [-0.2, -0.15) is 0 Å². The summed E-state index contributed by atoms with van der Waals surface area (Å²) in [7, 11) is 0. The van der Waals surface area contributed by atoms with Gasteiger partial charge in [0.25, 0.3) is 0 Å². The molecule has 0 N–H and O–H groups in total. The molecule has 0 radical (unpaired) electrons. The molecule has 4 heteroatoms. The van der Waals surface area contributed by atoms with Crippen molar-refractivity contribution in [2.45, 2.75) is 0 Å². The third kappa shape index (κ3) is 3.99. The minimum Gasteiger partial charge on any atom is -0.363 e. The number of ketones is 1. The number of Topliss-reactive ketones (excluding diaryl/α,β-unsaturated/α-hetero) is 1. The van der Waals surface area contributed by atoms with Crippen molar-refractivity contribution < 1.29 is 4.79 Å². The molecular weight excluding hydrogens is 293 g/mol. The molecule has 0 amide bonds. The van der Waals surface area contributed by atoms with Gasteiger partial charge in [0.2, 0.25) is 0 Å². The highest BCUT2D eigenvalue weighted by atomic mass is 35.5. The fraction of sp³-hybridized carbons (Fsp3) is 0.188. The number of hydrogen-bond acceptors (Lipinski definition) is 2. The second-order valence-corrected chi connectivity index (χ2v) is 5.19. The maximum Gasteiger partial charge on any atom is 0.182 e. The highest BCUT2D eigenvalue weighted by molar-refractivity contribution is 6.30. The Morgan fingerprint density at radius 2 is 1.80 bits per heavy atom. The van der Waals surface area contributed by atoms with Crippen molar-refractivity contribution >= 4 is 34.7 Å². The lowest BCUT2D eigenvalue weighted by atomic mass is 10.1. The van der Waals surface area contributed by atoms with Gasteiger partial charge in [0.05, 0.1) is 6.54 Å². The Bertz CT molecular complexity index is 572. The molecule has 0 unspecified atom stereocenters. The summed E-state index contributed by atoms with van der Waals surface area (Å²) < 4.78 is 0. The van der Waals surface area contributed by atoms with Crippen molar-refractivity contribution in [2.75, 3.05) is 23.9 Å². The lowest BCUT2D eigenvalue weighted by Crippen LogP contribution is -2.31. The van der Waals surface area contributed by atoms with Crippen molar-refractivity contribution in [3.63, 3.8) is 0 Å². The van der Waals surface area contributed by atoms with E-state index in [1.54, 1.807) is 0 Å². The normalized spacial score (nSPS) is 10.3. The average Bonchev–Trinajstić information content (AvgIpc) is 2.47. The lowest BCUT2D eigenvalue weighted by molar-refractivity contribution is 0.0999. The van der Waals surface area contributed by atoms with Crippen molar-refractivity contribution in [2.24, 2.45) is 0 Å². The summed E-state index contributed by atoms with van der Waals surface area (Å²) >= 11 is 11.8. The van der Waals surface area contributed by atoms with Gasteiger partial charge in [-0.05, 0) is 18.2 Å². The van der Waals surface area contributed by atoms with Crippen LogP contribution in [0.3, 0.4) is 0 Å². The number of carbonyl (C=O) groups excluding carboxylic acids is 1. The minimum atomic E-state index is 0.0655. The Morgan fingerprint density at radius 1 is 1.05 bits per heavy atom. The van der Waals surface area contributed by atoms with Crippen LogP contribution in [0.5, 0.6) is 0 Å². The van der Waals surface area contributed by atoms with Gasteiger partial charge in [0.15, 0.2) is 5.78 Å². The predicted octanol–water partition coefficient (Wildman–Crippen LogP) is 4.27. The van der Waals surface area contributed by atoms with Gasteiger partial charge in [0.1, 0.15) is 0 Å². The number of carbonyl (C=O) groups is 1. The molecule has 0 bridgehead atoms. The van der Waals surface area contributed by atoms with Gasteiger partial charge >= 0.3 is 0 Å². The largest absolute Gasteiger partial charge is 0.363 e. The van der Waals surface area contributed by atoms with Gasteiger partial charge in [-0.1, -0.05) is 48.0 Å². The topological polar surface area (TPSA) is 20.3 Å². The highest BCUT2D eigenvalue weighted by Gasteiger charge is 2.13. The van der Waals surface area contributed by atoms with Crippen LogP contribution in [0, 0.1) is 0 Å². The van der Waals surface area contributed by atoms with Gasteiger partial charge in [-0.25, -0.2) is 0 Å². The Hall–Kier alpha value is -1.51. The monoisotopic (exact) mass is 307 g/mol. The Kier molecular flexibility index (Phi) is 5.45. The quantitative estimate of drug-likeness (QED) is 0.587. The zero-order valence-corrected chi connectivity index (χ0v) is 12.4. The molecule has 0 spiro atoms. The fourth-order valence-corrected chi connectivity index (χ4v) is 2.35. The van der Waals surface area contributed by atoms with Gasteiger partial charge < -0.3 is 4.90 Å². The van der Waals surface area contributed by atoms with Crippen LogP contribution in [-0.2, 0) is 0 Å². The highest BCUT2D eigenvalue weighted by Crippen LogP contribution is 2.20. The first kappa shape index (κ1) is 14.9. The second kappa shape index (κ2) is 7.32. The Balaban J connectivity index is 2.16. The van der Waals surface area contributed by atoms with Crippen LogP contribution in [0.25, 0.3) is 0 Å². The summed E-state index contributed by atoms with van der Waals surface area (Å²) in [5.41, 5.74) is 1.61. The standard InChI is InChI=1S/C16H15Cl2NO/c17-9-10-19(15-8-4-7-14(18)11-15)12-16(20)13-5-2-1-3-6-13/h1-8,11H,9-10,12H2. The first-order valence-electron chi connectivity index (χ1n) is 6.35. The molecule has 2 aromatic carbocycles. The molecule has 0 aliphatic heterocycles. The van der Waals surface area contributed by atoms with Crippen molar-refractivity contribution in [3.05, 3.63) is 65.2 Å². The van der Waals surface area contributed by atoms with E-state index in [-0.39, 0.29) is 12.3 Å². The van der Waals surface area contributed by atoms with E-state index in [0.29, 0.717) is 23.0 Å². The number of anilines is 1. The molecule has 0 fully saturated rings. The van der Waals surface area contributed by atoms with Crippen LogP contribution in [-0.4, -0.2) is 24.8 Å². The fourth-order valence-electron chi connectivity index (χ4n) is 1.96. The zero-order chi connectivity index (χ0) is 14.4. The molecule has 20 heavy (non-hydrogen) atoms. The average molecular weight is 308 g/mol. The maximum absolute atomic E-state index is 12.3. The van der Waals surface area contributed by atoms with Crippen LogP contribution < -0.4 is 4.90 Å². The number of rotatable bonds is 6. The number of halogens is 2. The first-order valence-corrected chi connectivity index (χ1v) is 7.26. The Morgan fingerprint density at radius 3 is 2.45 bits per heavy atom. The van der Waals surface area contributed by atoms with Gasteiger partial charge in [-0.15, -0.1) is 11.6 Å². The molecule has 2 aromatic rings. The number of alkyl halides is 1. The van der Waals surface area contributed by atoms with Crippen LogP contribution in [0.2, 0.25) is 5.02 Å². The second-order valence-electron chi connectivity index (χ2n) is 4.38. The molecule has 0 aliphatic rings. The Labute approximate surface area is 128 Å². The first-order chi connectivity index (χ1) is 9.70. The van der Waals surface area contributed by atoms with Crippen LogP contribution >= 0.6 is 23.2 Å². The van der Waals surface area contributed by atoms with E-state index >= 15 is 0 Å². The van der Waals surface area contributed by atoms with Crippen molar-refractivity contribution in [1.82, 2.24) is 0 Å². The molecule has 0 saturated heterocycles. The van der Waals surface area contributed by atoms with Crippen molar-refractivity contribution in [3.8, 4) is 0 Å². The number of hydrogen-bond donors (Lipinski definition) is 0. The van der Waals surface area contributed by atoms with E-state index in [4.69, 9.17) is 23.2 Å². The smallest absolute Gasteiger partial charge is 0.182 e. The van der Waals surface area contributed by atoms with Crippen LogP contribution in [0.4, 0.5) is 5.69 Å². The summed E-state index contributed by atoms with van der Waals surface area (Å²) in [6.45, 7) is 0.886. The summed E-state index contributed by atoms with van der Waals surface area (Å²) in [6.07, 6.45) is 0. The molecule has 2 nitrogen and oxygen atoms in total. The number of benzene rings is 2. The molecule has 0 heterocycles. The summed E-state index contributed by atoms with van der Waals surface area (Å²) in [6, 6.07) is 16.7. The van der Waals surface area contributed by atoms with E-state index in [2.05, 4.69) is 0 Å². The maximum atomic E-state index is 12.3. The zero-order valence-electron chi connectivity index (χ0n) is 10.9. The van der Waals surface area contributed by atoms with E-state index in [0.717, 1.165) is 5.69 Å². The predicted molar refractivity (Wildman–Crippen MR) is 85.2 cm³/mol. The summed E-state index contributed by atoms with van der Waals surface area (Å²) in [5.74, 6) is 0.518. The minimum absolute atomic E-state index is 0.0655. The van der Waals surface area contributed by atoms with E-state index in [9.17, 15) is 4.79 Å². The third-order valence-corrected chi connectivity index (χ3v) is 3.36. The van der Waals surface area contributed by atoms with Crippen molar-refractivity contribution in [1.29, 1.82) is 0 Å². The molecular formula is C16H15Cl2NO. The van der Waals surface area contributed by atoms with E-state index < -0.39 is 0 Å². The molecule has 2 rings (SSSR count). The summed E-state index contributed by atoms with van der Waals surface area (Å²) in [4.78, 5) is 14.2. The lowest BCUT2D eigenvalue weighted by Gasteiger charge is -2.23. The molecule has 0 aromatic heterocycles. The van der Waals surface area contributed by atoms with Gasteiger partial charge in [-0.3, -0.25) is 4.79 Å². The molecule has 104 valence electrons. The van der Waals surface area contributed by atoms with E-state index in [1.165, 1.54) is 0 Å². The number of nitrogens with zero attached hydrogens (tertiary/aromatic N) is 1. The molecule has 0 aliphatic carbocycles. The SMILES string of the molecule is O=C(CN(CCCl)c1cccc(Cl)c1)c1ccccc1. The molecule has 0 atom stereocenters. The summed E-state index contributed by atoms with van der Waals surface area (Å²) in [5, 5.41) is 0.647. The third-order valence-electron chi connectivity index (χ3n) is 2.96. The van der Waals surface area contributed by atoms with Crippen LogP contribution in [0.15, 0.2) is 54.6 Å². The van der Waals surface area contributed by atoms with Crippen LogP contribution in [0.1, 0.15) is 10.4 Å². The van der Waals surface area contributed by atoms with E-state index in [1.807, 2.05) is 59.5 Å². The van der Waals surface area contributed by atoms with Gasteiger partial charge in [0, 0.05) is 28.7 Å². The molecule has 0 saturated carbocycles.